The fourth-order valence-corrected chi connectivity index (χ4v) is 1.84. The lowest BCUT2D eigenvalue weighted by atomic mass is 10.5. The van der Waals surface area contributed by atoms with E-state index in [-0.39, 0.29) is 0 Å². The molecule has 0 N–H and O–H groups in total. The van der Waals surface area contributed by atoms with Crippen LogP contribution in [-0.4, -0.2) is 27.1 Å². The first-order valence-corrected chi connectivity index (χ1v) is 5.03. The number of ether oxygens (including phenoxy) is 1. The normalized spacial score (nSPS) is 10.6. The van der Waals surface area contributed by atoms with Gasteiger partial charge in [-0.05, 0) is 0 Å². The average Bonchev–Trinajstić information content (AvgIpc) is 2.79. The van der Waals surface area contributed by atoms with Gasteiger partial charge in [-0.3, -0.25) is 0 Å². The van der Waals surface area contributed by atoms with Crippen molar-refractivity contribution in [1.82, 2.24) is 20.0 Å². The van der Waals surface area contributed by atoms with E-state index in [0.29, 0.717) is 13.2 Å². The maximum absolute atomic E-state index is 4.99. The van der Waals surface area contributed by atoms with Crippen molar-refractivity contribution < 1.29 is 4.74 Å². The van der Waals surface area contributed by atoms with Gasteiger partial charge >= 0.3 is 0 Å². The lowest BCUT2D eigenvalue weighted by Gasteiger charge is -1.94. The number of hydrogen-bond donors (Lipinski definition) is 0. The number of rotatable bonds is 4. The van der Waals surface area contributed by atoms with Crippen LogP contribution >= 0.6 is 11.3 Å². The van der Waals surface area contributed by atoms with Crippen LogP contribution in [0.4, 0.5) is 0 Å². The zero-order valence-electron chi connectivity index (χ0n) is 7.75. The fraction of sp³-hybridized carbons (Fsp3) is 0.375. The molecule has 2 aromatic heterocycles. The minimum absolute atomic E-state index is 0.567. The summed E-state index contributed by atoms with van der Waals surface area (Å²) < 4.78 is 4.99. The monoisotopic (exact) mass is 210 g/mol. The molecule has 0 aromatic carbocycles. The summed E-state index contributed by atoms with van der Waals surface area (Å²) in [5.41, 5.74) is 0.971. The smallest absolute Gasteiger partial charge is 0.119 e. The van der Waals surface area contributed by atoms with Crippen molar-refractivity contribution in [3.63, 3.8) is 0 Å². The standard InChI is InChI=1S/C8H10N4OS/c1-13-5-8-11-7(6-14-8)4-12-9-2-3-10-12/h2-3,6H,4-5H2,1H3. The lowest BCUT2D eigenvalue weighted by Crippen LogP contribution is -2.03. The van der Waals surface area contributed by atoms with Crippen molar-refractivity contribution in [2.45, 2.75) is 13.2 Å². The van der Waals surface area contributed by atoms with Gasteiger partial charge in [-0.15, -0.1) is 11.3 Å². The number of methoxy groups -OCH3 is 1. The van der Waals surface area contributed by atoms with Gasteiger partial charge in [-0.2, -0.15) is 15.0 Å². The molecule has 0 aliphatic heterocycles. The highest BCUT2D eigenvalue weighted by Crippen LogP contribution is 2.10. The summed E-state index contributed by atoms with van der Waals surface area (Å²) in [6.07, 6.45) is 3.31. The number of aromatic nitrogens is 4. The fourth-order valence-electron chi connectivity index (χ4n) is 1.08. The van der Waals surface area contributed by atoms with E-state index in [9.17, 15) is 0 Å². The van der Waals surface area contributed by atoms with Crippen LogP contribution in [0.25, 0.3) is 0 Å². The molecule has 0 saturated carbocycles. The second-order valence-corrected chi connectivity index (χ2v) is 3.67. The molecular weight excluding hydrogens is 200 g/mol. The Balaban J connectivity index is 2.03. The summed E-state index contributed by atoms with van der Waals surface area (Å²) in [7, 11) is 1.66. The summed E-state index contributed by atoms with van der Waals surface area (Å²) in [5.74, 6) is 0. The SMILES string of the molecule is COCc1nc(Cn2nccn2)cs1. The molecule has 2 rings (SSSR count). The van der Waals surface area contributed by atoms with E-state index in [0.717, 1.165) is 10.7 Å². The van der Waals surface area contributed by atoms with Gasteiger partial charge < -0.3 is 4.74 Å². The lowest BCUT2D eigenvalue weighted by molar-refractivity contribution is 0.184. The van der Waals surface area contributed by atoms with Crippen LogP contribution in [0.3, 0.4) is 0 Å². The van der Waals surface area contributed by atoms with Crippen LogP contribution in [0.1, 0.15) is 10.7 Å². The molecule has 2 heterocycles. The molecule has 74 valence electrons. The zero-order valence-corrected chi connectivity index (χ0v) is 8.57. The van der Waals surface area contributed by atoms with Gasteiger partial charge in [0.25, 0.3) is 0 Å². The van der Waals surface area contributed by atoms with Crippen LogP contribution in [0.2, 0.25) is 0 Å². The van der Waals surface area contributed by atoms with Crippen LogP contribution in [0.5, 0.6) is 0 Å². The molecule has 0 fully saturated rings. The van der Waals surface area contributed by atoms with Gasteiger partial charge in [0.1, 0.15) is 11.6 Å². The first kappa shape index (κ1) is 9.29. The molecular formula is C8H10N4OS. The van der Waals surface area contributed by atoms with Crippen LogP contribution in [-0.2, 0) is 17.9 Å². The quantitative estimate of drug-likeness (QED) is 0.753. The second-order valence-electron chi connectivity index (χ2n) is 2.73. The molecule has 0 aliphatic rings. The van der Waals surface area contributed by atoms with E-state index in [1.807, 2.05) is 5.38 Å². The summed E-state index contributed by atoms with van der Waals surface area (Å²) in [6.45, 7) is 1.18. The van der Waals surface area contributed by atoms with Crippen molar-refractivity contribution in [2.24, 2.45) is 0 Å². The van der Waals surface area contributed by atoms with Crippen LogP contribution in [0, 0.1) is 0 Å². The third-order valence-electron chi connectivity index (χ3n) is 1.64. The molecule has 0 unspecified atom stereocenters. The van der Waals surface area contributed by atoms with E-state index >= 15 is 0 Å². The highest BCUT2D eigenvalue weighted by molar-refractivity contribution is 7.09. The Bertz CT molecular complexity index is 384. The molecule has 0 amide bonds. The molecule has 0 atom stereocenters. The maximum atomic E-state index is 4.99. The Morgan fingerprint density at radius 1 is 1.43 bits per heavy atom. The first-order chi connectivity index (χ1) is 6.88. The zero-order chi connectivity index (χ0) is 9.80. The second kappa shape index (κ2) is 4.30. The number of thiazole rings is 1. The molecule has 0 aliphatic carbocycles. The Hall–Kier alpha value is -1.27. The van der Waals surface area contributed by atoms with Gasteiger partial charge in [0.15, 0.2) is 0 Å². The van der Waals surface area contributed by atoms with Gasteiger partial charge in [0.2, 0.25) is 0 Å². The molecule has 0 bridgehead atoms. The molecule has 0 saturated heterocycles. The molecule has 6 heteroatoms. The number of nitrogens with zero attached hydrogens (tertiary/aromatic N) is 4. The van der Waals surface area contributed by atoms with E-state index < -0.39 is 0 Å². The minimum Gasteiger partial charge on any atom is -0.378 e. The van der Waals surface area contributed by atoms with Crippen molar-refractivity contribution in [3.8, 4) is 0 Å². The Morgan fingerprint density at radius 3 is 2.93 bits per heavy atom. The molecule has 0 radical (unpaired) electrons. The summed E-state index contributed by atoms with van der Waals surface area (Å²) >= 11 is 1.59. The van der Waals surface area contributed by atoms with E-state index in [1.165, 1.54) is 0 Å². The van der Waals surface area contributed by atoms with Gasteiger partial charge in [0, 0.05) is 12.5 Å². The van der Waals surface area contributed by atoms with Gasteiger partial charge in [-0.25, -0.2) is 4.98 Å². The van der Waals surface area contributed by atoms with E-state index in [4.69, 9.17) is 4.74 Å². The van der Waals surface area contributed by atoms with Gasteiger partial charge in [-0.1, -0.05) is 0 Å². The van der Waals surface area contributed by atoms with Gasteiger partial charge in [0.05, 0.1) is 24.7 Å². The minimum atomic E-state index is 0.567. The maximum Gasteiger partial charge on any atom is 0.119 e. The van der Waals surface area contributed by atoms with Crippen molar-refractivity contribution >= 4 is 11.3 Å². The Kier molecular flexibility index (Phi) is 2.85. The Labute approximate surface area is 85.4 Å². The summed E-state index contributed by atoms with van der Waals surface area (Å²) in [4.78, 5) is 5.97. The molecule has 5 nitrogen and oxygen atoms in total. The topological polar surface area (TPSA) is 52.8 Å². The summed E-state index contributed by atoms with van der Waals surface area (Å²) in [6, 6.07) is 0. The Morgan fingerprint density at radius 2 is 2.21 bits per heavy atom. The molecule has 2 aromatic rings. The third-order valence-corrected chi connectivity index (χ3v) is 2.51. The third kappa shape index (κ3) is 2.15. The molecule has 14 heavy (non-hydrogen) atoms. The summed E-state index contributed by atoms with van der Waals surface area (Å²) in [5, 5.41) is 11.0. The highest BCUT2D eigenvalue weighted by Gasteiger charge is 2.02. The van der Waals surface area contributed by atoms with Crippen LogP contribution < -0.4 is 0 Å². The van der Waals surface area contributed by atoms with E-state index in [1.54, 1.807) is 35.6 Å². The average molecular weight is 210 g/mol. The van der Waals surface area contributed by atoms with Crippen LogP contribution in [0.15, 0.2) is 17.8 Å². The predicted octanol–water partition coefficient (Wildman–Crippen LogP) is 0.929. The first-order valence-electron chi connectivity index (χ1n) is 4.15. The number of hydrogen-bond acceptors (Lipinski definition) is 5. The van der Waals surface area contributed by atoms with Crippen molar-refractivity contribution in [3.05, 3.63) is 28.5 Å². The van der Waals surface area contributed by atoms with Crippen molar-refractivity contribution in [2.75, 3.05) is 7.11 Å². The predicted molar refractivity (Wildman–Crippen MR) is 52.0 cm³/mol. The largest absolute Gasteiger partial charge is 0.378 e. The molecule has 0 spiro atoms. The van der Waals surface area contributed by atoms with E-state index in [2.05, 4.69) is 15.2 Å². The van der Waals surface area contributed by atoms with Crippen molar-refractivity contribution in [1.29, 1.82) is 0 Å². The highest BCUT2D eigenvalue weighted by atomic mass is 32.1.